The topological polar surface area (TPSA) is 111 Å². The van der Waals surface area contributed by atoms with Crippen molar-refractivity contribution in [3.8, 4) is 5.69 Å². The average Bonchev–Trinajstić information content (AvgIpc) is 3.45. The van der Waals surface area contributed by atoms with Gasteiger partial charge in [0.1, 0.15) is 12.4 Å². The van der Waals surface area contributed by atoms with Crippen LogP contribution in [0.2, 0.25) is 0 Å². The Morgan fingerprint density at radius 3 is 2.76 bits per heavy atom. The second-order valence-electron chi connectivity index (χ2n) is 12.8. The van der Waals surface area contributed by atoms with Crippen molar-refractivity contribution in [2.24, 2.45) is 28.6 Å². The van der Waals surface area contributed by atoms with E-state index in [-0.39, 0.29) is 35.3 Å². The van der Waals surface area contributed by atoms with Crippen LogP contribution in [-0.2, 0) is 32.1 Å². The van der Waals surface area contributed by atoms with Gasteiger partial charge in [0.15, 0.2) is 5.60 Å². The van der Waals surface area contributed by atoms with Crippen LogP contribution < -0.4 is 0 Å². The van der Waals surface area contributed by atoms with Crippen molar-refractivity contribution in [1.82, 2.24) is 9.78 Å². The van der Waals surface area contributed by atoms with E-state index in [0.717, 1.165) is 24.1 Å². The zero-order chi connectivity index (χ0) is 29.3. The monoisotopic (exact) mass is 584 g/mol. The summed E-state index contributed by atoms with van der Waals surface area (Å²) < 4.78 is 26.7. The van der Waals surface area contributed by atoms with Crippen LogP contribution in [0.5, 0.6) is 0 Å². The van der Waals surface area contributed by atoms with Gasteiger partial charge >= 0.3 is 5.97 Å². The lowest BCUT2D eigenvalue weighted by Crippen LogP contribution is -2.62. The molecule has 4 aliphatic carbocycles. The molecule has 0 spiro atoms. The Hall–Kier alpha value is -2.53. The van der Waals surface area contributed by atoms with E-state index >= 15 is 0 Å². The highest BCUT2D eigenvalue weighted by Crippen LogP contribution is 2.68. The predicted octanol–water partition coefficient (Wildman–Crippen LogP) is 4.04. The summed E-state index contributed by atoms with van der Waals surface area (Å²) >= 11 is 4.22. The molecule has 3 fully saturated rings. The van der Waals surface area contributed by atoms with Gasteiger partial charge in [-0.2, -0.15) is 5.10 Å². The van der Waals surface area contributed by atoms with E-state index in [9.17, 15) is 24.2 Å². The van der Waals surface area contributed by atoms with Crippen LogP contribution in [0.4, 0.5) is 4.39 Å². The minimum Gasteiger partial charge on any atom is -0.448 e. The number of carbonyl (C=O) groups excluding carboxylic acids is 2. The minimum atomic E-state index is -1.40. The Morgan fingerprint density at radius 1 is 1.27 bits per heavy atom. The number of aromatic nitrogens is 2. The molecule has 4 aliphatic rings. The van der Waals surface area contributed by atoms with Crippen molar-refractivity contribution < 1.29 is 33.7 Å². The molecule has 8 nitrogen and oxygen atoms in total. The van der Waals surface area contributed by atoms with Crippen LogP contribution in [-0.4, -0.2) is 56.5 Å². The van der Waals surface area contributed by atoms with Crippen LogP contribution >= 0.6 is 12.6 Å². The first-order chi connectivity index (χ1) is 19.5. The number of ether oxygens (including phenoxy) is 2. The van der Waals surface area contributed by atoms with Crippen molar-refractivity contribution in [3.63, 3.8) is 0 Å². The van der Waals surface area contributed by atoms with Crippen molar-refractivity contribution in [3.05, 3.63) is 52.6 Å². The first kappa shape index (κ1) is 28.6. The quantitative estimate of drug-likeness (QED) is 0.347. The molecule has 41 heavy (non-hydrogen) atoms. The molecule has 1 aromatic heterocycles. The molecule has 10 heteroatoms. The summed E-state index contributed by atoms with van der Waals surface area (Å²) in [5.41, 5.74) is 1.68. The van der Waals surface area contributed by atoms with Gasteiger partial charge in [0.2, 0.25) is 5.12 Å². The third kappa shape index (κ3) is 4.08. The maximum Gasteiger partial charge on any atom is 0.333 e. The number of allylic oxidation sites excluding steroid dienone is 1. The number of rotatable bonds is 6. The van der Waals surface area contributed by atoms with E-state index in [4.69, 9.17) is 9.47 Å². The number of methoxy groups -OCH3 is 1. The molecular formula is C31H37FN2O6S. The fraction of sp³-hybridized carbons (Fsp3) is 0.581. The van der Waals surface area contributed by atoms with Crippen LogP contribution in [0.1, 0.15) is 62.8 Å². The lowest BCUT2D eigenvalue weighted by Gasteiger charge is -2.60. The van der Waals surface area contributed by atoms with Gasteiger partial charge in [-0.3, -0.25) is 4.79 Å². The summed E-state index contributed by atoms with van der Waals surface area (Å²) in [5, 5.41) is 25.6. The third-order valence-electron chi connectivity index (χ3n) is 10.9. The van der Waals surface area contributed by atoms with Crippen molar-refractivity contribution in [2.75, 3.05) is 13.7 Å². The van der Waals surface area contributed by atoms with Gasteiger partial charge in [0.25, 0.3) is 0 Å². The van der Waals surface area contributed by atoms with Gasteiger partial charge in [-0.15, -0.1) is 12.6 Å². The number of carbonyl (C=O) groups is 2. The number of benzene rings is 1. The van der Waals surface area contributed by atoms with Crippen molar-refractivity contribution in [1.29, 1.82) is 0 Å². The summed E-state index contributed by atoms with van der Waals surface area (Å²) in [7, 11) is 1.41. The molecule has 6 rings (SSSR count). The summed E-state index contributed by atoms with van der Waals surface area (Å²) in [4.78, 5) is 25.6. The summed E-state index contributed by atoms with van der Waals surface area (Å²) in [5.74, 6) is -0.866. The van der Waals surface area contributed by atoms with Crippen LogP contribution in [0, 0.1) is 34.4 Å². The van der Waals surface area contributed by atoms with E-state index in [1.165, 1.54) is 18.7 Å². The van der Waals surface area contributed by atoms with Crippen LogP contribution in [0.25, 0.3) is 11.8 Å². The smallest absolute Gasteiger partial charge is 0.333 e. The van der Waals surface area contributed by atoms with E-state index in [1.807, 2.05) is 13.1 Å². The number of halogens is 1. The van der Waals surface area contributed by atoms with Crippen LogP contribution in [0.3, 0.4) is 0 Å². The fourth-order valence-electron chi connectivity index (χ4n) is 9.10. The van der Waals surface area contributed by atoms with E-state index in [1.54, 1.807) is 16.8 Å². The highest BCUT2D eigenvalue weighted by molar-refractivity contribution is 7.96. The number of aliphatic hydroxyl groups excluding tert-OH is 2. The van der Waals surface area contributed by atoms with Gasteiger partial charge in [0.05, 0.1) is 30.3 Å². The highest BCUT2D eigenvalue weighted by atomic mass is 32.1. The second-order valence-corrected chi connectivity index (χ2v) is 13.2. The van der Waals surface area contributed by atoms with Crippen molar-refractivity contribution in [2.45, 2.75) is 70.7 Å². The molecule has 220 valence electrons. The first-order valence-electron chi connectivity index (χ1n) is 14.3. The number of fused-ring (bicyclic) bond motifs is 6. The zero-order valence-electron chi connectivity index (χ0n) is 23.6. The Labute approximate surface area is 244 Å². The second kappa shape index (κ2) is 10.0. The Bertz CT molecular complexity index is 1440. The molecule has 7 atom stereocenters. The SMILES string of the molecule is COCC(=O)O[C@]1(C(=O)S)CCC2[C@@H]3CCC4=Cc5c(cnn5-c5ccc(F)c(CO)c5)C[C@]4(C)C3[C@@H](O)C[C@@]21C. The summed E-state index contributed by atoms with van der Waals surface area (Å²) in [6.07, 6.45) is 7.12. The highest BCUT2D eigenvalue weighted by Gasteiger charge is 2.70. The largest absolute Gasteiger partial charge is 0.448 e. The Balaban J connectivity index is 1.34. The van der Waals surface area contributed by atoms with Crippen LogP contribution in [0.15, 0.2) is 30.0 Å². The van der Waals surface area contributed by atoms with Gasteiger partial charge in [-0.1, -0.05) is 19.4 Å². The normalized spacial score (nSPS) is 35.5. The molecule has 0 aliphatic heterocycles. The number of nitrogens with zero attached hydrogens (tertiary/aromatic N) is 2. The number of aliphatic hydroxyl groups is 2. The molecule has 2 unspecified atom stereocenters. The third-order valence-corrected chi connectivity index (χ3v) is 11.2. The Kier molecular flexibility index (Phi) is 7.00. The van der Waals surface area contributed by atoms with E-state index in [0.29, 0.717) is 31.4 Å². The lowest BCUT2D eigenvalue weighted by molar-refractivity contribution is -0.198. The lowest BCUT2D eigenvalue weighted by atomic mass is 9.45. The Morgan fingerprint density at radius 2 is 2.05 bits per heavy atom. The molecule has 0 amide bonds. The summed E-state index contributed by atoms with van der Waals surface area (Å²) in [6, 6.07) is 4.62. The van der Waals surface area contributed by atoms with E-state index in [2.05, 4.69) is 30.7 Å². The fourth-order valence-corrected chi connectivity index (χ4v) is 9.51. The standard InChI is InChI=1S/C31H37FN2O6S/c1-29-12-18-14-33-34(20-5-7-23(32)17(10-20)15-35)24(18)11-19(29)4-6-21-22-8-9-31(28(38)41,40-26(37)16-39-3)30(22,2)13-25(36)27(21)29/h5,7,10-11,14,21-22,25,27,35-36H,4,6,8-9,12-13,15-16H2,1-3H3,(H,38,41)/t21-,22?,25-,27?,29-,30-,31-/m0/s1. The summed E-state index contributed by atoms with van der Waals surface area (Å²) in [6.45, 7) is 3.57. The number of hydrogen-bond acceptors (Lipinski definition) is 7. The maximum absolute atomic E-state index is 14.0. The molecule has 1 aromatic carbocycles. The van der Waals surface area contributed by atoms with E-state index < -0.39 is 40.6 Å². The molecule has 1 heterocycles. The minimum absolute atomic E-state index is 0.0376. The zero-order valence-corrected chi connectivity index (χ0v) is 24.5. The number of hydrogen-bond donors (Lipinski definition) is 3. The molecular weight excluding hydrogens is 547 g/mol. The first-order valence-corrected chi connectivity index (χ1v) is 14.7. The van der Waals surface area contributed by atoms with Gasteiger partial charge < -0.3 is 19.7 Å². The molecule has 0 radical (unpaired) electrons. The molecule has 2 aromatic rings. The van der Waals surface area contributed by atoms with Gasteiger partial charge in [-0.05, 0) is 91.5 Å². The molecule has 2 N–H and O–H groups in total. The predicted molar refractivity (Wildman–Crippen MR) is 152 cm³/mol. The van der Waals surface area contributed by atoms with Gasteiger partial charge in [-0.25, -0.2) is 13.9 Å². The number of thiol groups is 1. The molecule has 0 saturated heterocycles. The average molecular weight is 585 g/mol. The molecule has 0 bridgehead atoms. The molecule has 3 saturated carbocycles. The van der Waals surface area contributed by atoms with Crippen molar-refractivity contribution >= 4 is 29.8 Å². The number of esters is 1. The van der Waals surface area contributed by atoms with Gasteiger partial charge in [0, 0.05) is 18.1 Å². The maximum atomic E-state index is 14.0.